The van der Waals surface area contributed by atoms with Crippen LogP contribution < -0.4 is 9.44 Å². The number of benzene rings is 2. The van der Waals surface area contributed by atoms with E-state index in [1.807, 2.05) is 0 Å². The Hall–Kier alpha value is -1.30. The van der Waals surface area contributed by atoms with Gasteiger partial charge >= 0.3 is 0 Å². The molecule has 0 saturated heterocycles. The third kappa shape index (κ3) is 5.12. The molecule has 2 N–H and O–H groups in total. The summed E-state index contributed by atoms with van der Waals surface area (Å²) >= 11 is 11.1. The SMILES string of the molecule is O=S(=O)(NCCNS(=O)(=O)c1ccc(F)c(Cl)c1)c1ccc(F)c(Cl)c1. The van der Waals surface area contributed by atoms with E-state index in [4.69, 9.17) is 23.2 Å². The van der Waals surface area contributed by atoms with Crippen molar-refractivity contribution in [3.8, 4) is 0 Å². The molecule has 0 aliphatic rings. The summed E-state index contributed by atoms with van der Waals surface area (Å²) in [6, 6.07) is 5.71. The van der Waals surface area contributed by atoms with Crippen LogP contribution in [-0.2, 0) is 20.0 Å². The van der Waals surface area contributed by atoms with Crippen molar-refractivity contribution in [3.05, 3.63) is 58.1 Å². The molecular weight excluding hydrogens is 433 g/mol. The first kappa shape index (κ1) is 21.0. The Morgan fingerprint density at radius 3 is 1.38 bits per heavy atom. The fourth-order valence-electron chi connectivity index (χ4n) is 1.83. The van der Waals surface area contributed by atoms with Crippen molar-refractivity contribution in [2.75, 3.05) is 13.1 Å². The van der Waals surface area contributed by atoms with Gasteiger partial charge in [-0.1, -0.05) is 23.2 Å². The quantitative estimate of drug-likeness (QED) is 0.641. The number of halogens is 4. The van der Waals surface area contributed by atoms with Gasteiger partial charge in [-0.05, 0) is 36.4 Å². The van der Waals surface area contributed by atoms with Crippen molar-refractivity contribution in [3.63, 3.8) is 0 Å². The van der Waals surface area contributed by atoms with Gasteiger partial charge in [0.2, 0.25) is 20.0 Å². The maximum Gasteiger partial charge on any atom is 0.240 e. The second kappa shape index (κ2) is 8.15. The summed E-state index contributed by atoms with van der Waals surface area (Å²) in [6.07, 6.45) is 0. The molecule has 6 nitrogen and oxygen atoms in total. The minimum atomic E-state index is -4.00. The van der Waals surface area contributed by atoms with E-state index in [1.165, 1.54) is 0 Å². The molecule has 0 aromatic heterocycles. The fraction of sp³-hybridized carbons (Fsp3) is 0.143. The predicted molar refractivity (Wildman–Crippen MR) is 93.2 cm³/mol. The van der Waals surface area contributed by atoms with Crippen molar-refractivity contribution < 1.29 is 25.6 Å². The zero-order chi connectivity index (χ0) is 19.5. The highest BCUT2D eigenvalue weighted by Gasteiger charge is 2.18. The van der Waals surface area contributed by atoms with Crippen LogP contribution in [0.1, 0.15) is 0 Å². The zero-order valence-corrected chi connectivity index (χ0v) is 16.0. The van der Waals surface area contributed by atoms with E-state index in [0.717, 1.165) is 36.4 Å². The molecule has 2 aromatic carbocycles. The van der Waals surface area contributed by atoms with E-state index in [0.29, 0.717) is 0 Å². The third-order valence-electron chi connectivity index (χ3n) is 3.11. The molecule has 0 radical (unpaired) electrons. The lowest BCUT2D eigenvalue weighted by molar-refractivity contribution is 0.569. The van der Waals surface area contributed by atoms with Crippen LogP contribution in [-0.4, -0.2) is 29.9 Å². The van der Waals surface area contributed by atoms with E-state index in [2.05, 4.69) is 9.44 Å². The predicted octanol–water partition coefficient (Wildman–Crippen LogP) is 2.53. The largest absolute Gasteiger partial charge is 0.240 e. The van der Waals surface area contributed by atoms with Gasteiger partial charge in [0.1, 0.15) is 11.6 Å². The van der Waals surface area contributed by atoms with Gasteiger partial charge in [0.15, 0.2) is 0 Å². The smallest absolute Gasteiger partial charge is 0.210 e. The standard InChI is InChI=1S/C14H12Cl2F2N2O4S2/c15-11-7-9(1-3-13(11)17)25(21,22)19-5-6-20-26(23,24)10-2-4-14(18)12(16)8-10/h1-4,7-8,19-20H,5-6H2. The molecule has 0 saturated carbocycles. The molecule has 0 aliphatic heterocycles. The maximum atomic E-state index is 13.1. The molecule has 0 bridgehead atoms. The summed E-state index contributed by atoms with van der Waals surface area (Å²) < 4.78 is 78.6. The Morgan fingerprint density at radius 1 is 0.731 bits per heavy atom. The lowest BCUT2D eigenvalue weighted by Crippen LogP contribution is -2.34. The average molecular weight is 445 g/mol. The van der Waals surface area contributed by atoms with E-state index in [9.17, 15) is 25.6 Å². The van der Waals surface area contributed by atoms with Crippen molar-refractivity contribution in [2.45, 2.75) is 9.79 Å². The number of hydrogen-bond donors (Lipinski definition) is 2. The molecule has 0 aliphatic carbocycles. The summed E-state index contributed by atoms with van der Waals surface area (Å²) in [4.78, 5) is -0.533. The second-order valence-corrected chi connectivity index (χ2v) is 9.30. The van der Waals surface area contributed by atoms with Crippen LogP contribution in [0, 0.1) is 11.6 Å². The Kier molecular flexibility index (Phi) is 6.59. The molecule has 0 atom stereocenters. The summed E-state index contributed by atoms with van der Waals surface area (Å²) in [6.45, 7) is -0.572. The normalized spacial score (nSPS) is 12.3. The van der Waals surface area contributed by atoms with Gasteiger partial charge in [0, 0.05) is 13.1 Å². The maximum absolute atomic E-state index is 13.1. The molecule has 0 amide bonds. The van der Waals surface area contributed by atoms with Gasteiger partial charge in [0.25, 0.3) is 0 Å². The number of nitrogens with one attached hydrogen (secondary N) is 2. The molecule has 0 unspecified atom stereocenters. The summed E-state index contributed by atoms with van der Waals surface area (Å²) in [5.74, 6) is -1.53. The van der Waals surface area contributed by atoms with Gasteiger partial charge in [-0.3, -0.25) is 0 Å². The average Bonchev–Trinajstić information content (AvgIpc) is 2.56. The molecular formula is C14H12Cl2F2N2O4S2. The first-order chi connectivity index (χ1) is 12.0. The molecule has 12 heteroatoms. The van der Waals surface area contributed by atoms with Crippen molar-refractivity contribution >= 4 is 43.2 Å². The minimum Gasteiger partial charge on any atom is -0.210 e. The van der Waals surface area contributed by atoms with Gasteiger partial charge in [-0.25, -0.2) is 35.1 Å². The molecule has 2 rings (SSSR count). The summed E-state index contributed by atoms with van der Waals surface area (Å²) in [5, 5.41) is -0.719. The van der Waals surface area contributed by atoms with Crippen LogP contribution in [0.15, 0.2) is 46.2 Å². The minimum absolute atomic E-state index is 0.267. The van der Waals surface area contributed by atoms with E-state index in [1.54, 1.807) is 0 Å². The topological polar surface area (TPSA) is 92.3 Å². The fourth-order valence-corrected chi connectivity index (χ4v) is 4.43. The number of rotatable bonds is 7. The Morgan fingerprint density at radius 2 is 1.08 bits per heavy atom. The molecule has 0 fully saturated rings. The Labute approximate surface area is 159 Å². The highest BCUT2D eigenvalue weighted by molar-refractivity contribution is 7.90. The second-order valence-electron chi connectivity index (χ2n) is 4.95. The highest BCUT2D eigenvalue weighted by Crippen LogP contribution is 2.20. The lowest BCUT2D eigenvalue weighted by Gasteiger charge is -2.09. The summed E-state index contributed by atoms with van der Waals surface area (Å²) in [7, 11) is -8.00. The van der Waals surface area contributed by atoms with Crippen LogP contribution in [0.5, 0.6) is 0 Å². The van der Waals surface area contributed by atoms with Gasteiger partial charge in [-0.2, -0.15) is 0 Å². The van der Waals surface area contributed by atoms with E-state index < -0.39 is 31.7 Å². The van der Waals surface area contributed by atoms with Crippen molar-refractivity contribution in [2.24, 2.45) is 0 Å². The highest BCUT2D eigenvalue weighted by atomic mass is 35.5. The summed E-state index contributed by atoms with van der Waals surface area (Å²) in [5.41, 5.74) is 0. The van der Waals surface area contributed by atoms with Crippen LogP contribution in [0.4, 0.5) is 8.78 Å². The molecule has 0 spiro atoms. The molecule has 26 heavy (non-hydrogen) atoms. The van der Waals surface area contributed by atoms with Crippen LogP contribution in [0.2, 0.25) is 10.0 Å². The molecule has 142 valence electrons. The first-order valence-electron chi connectivity index (χ1n) is 6.92. The van der Waals surface area contributed by atoms with Crippen molar-refractivity contribution in [1.29, 1.82) is 0 Å². The first-order valence-corrected chi connectivity index (χ1v) is 10.6. The monoisotopic (exact) mass is 444 g/mol. The Balaban J connectivity index is 1.98. The molecule has 2 aromatic rings. The van der Waals surface area contributed by atoms with Crippen LogP contribution >= 0.6 is 23.2 Å². The van der Waals surface area contributed by atoms with Gasteiger partial charge in [-0.15, -0.1) is 0 Å². The lowest BCUT2D eigenvalue weighted by atomic mass is 10.3. The van der Waals surface area contributed by atoms with E-state index >= 15 is 0 Å². The van der Waals surface area contributed by atoms with Crippen LogP contribution in [0.3, 0.4) is 0 Å². The van der Waals surface area contributed by atoms with Gasteiger partial charge < -0.3 is 0 Å². The zero-order valence-electron chi connectivity index (χ0n) is 12.8. The Bertz CT molecular complexity index is 948. The van der Waals surface area contributed by atoms with Crippen molar-refractivity contribution in [1.82, 2.24) is 9.44 Å². The number of hydrogen-bond acceptors (Lipinski definition) is 4. The third-order valence-corrected chi connectivity index (χ3v) is 6.61. The van der Waals surface area contributed by atoms with E-state index in [-0.39, 0.29) is 32.9 Å². The number of sulfonamides is 2. The van der Waals surface area contributed by atoms with Crippen LogP contribution in [0.25, 0.3) is 0 Å². The molecule has 0 heterocycles. The van der Waals surface area contributed by atoms with Gasteiger partial charge in [0.05, 0.1) is 19.8 Å².